The maximum atomic E-state index is 12.9. The lowest BCUT2D eigenvalue weighted by molar-refractivity contribution is 0.0526. The number of aryl methyl sites for hydroxylation is 1. The third-order valence-electron chi connectivity index (χ3n) is 4.83. The van der Waals surface area contributed by atoms with Crippen LogP contribution >= 0.6 is 0 Å². The van der Waals surface area contributed by atoms with E-state index in [0.29, 0.717) is 28.1 Å². The minimum absolute atomic E-state index is 0.0556. The monoisotopic (exact) mass is 425 g/mol. The van der Waals surface area contributed by atoms with Crippen molar-refractivity contribution in [2.75, 3.05) is 11.9 Å². The van der Waals surface area contributed by atoms with Gasteiger partial charge in [-0.25, -0.2) is 13.2 Å². The number of fused-ring (bicyclic) bond motifs is 3. The van der Waals surface area contributed by atoms with E-state index in [1.807, 2.05) is 0 Å². The Labute approximate surface area is 173 Å². The summed E-state index contributed by atoms with van der Waals surface area (Å²) < 4.78 is 31.9. The average Bonchev–Trinajstić information content (AvgIpc) is 3.04. The molecule has 0 atom stereocenters. The first-order valence-corrected chi connectivity index (χ1v) is 10.9. The molecule has 2 aromatic carbocycles. The van der Waals surface area contributed by atoms with Gasteiger partial charge in [0, 0.05) is 23.9 Å². The van der Waals surface area contributed by atoms with Crippen molar-refractivity contribution in [2.24, 2.45) is 7.05 Å². The number of hydrogen-bond donors (Lipinski definition) is 1. The molecule has 2 heterocycles. The van der Waals surface area contributed by atoms with Gasteiger partial charge in [0.2, 0.25) is 0 Å². The van der Waals surface area contributed by atoms with E-state index in [0.717, 1.165) is 0 Å². The molecule has 1 N–H and O–H groups in total. The molecular formula is C21H19N3O5S. The Morgan fingerprint density at radius 1 is 1.13 bits per heavy atom. The highest BCUT2D eigenvalue weighted by molar-refractivity contribution is 7.90. The fourth-order valence-electron chi connectivity index (χ4n) is 3.52. The summed E-state index contributed by atoms with van der Waals surface area (Å²) in [6.07, 6.45) is 0. The van der Waals surface area contributed by atoms with Gasteiger partial charge in [0.25, 0.3) is 5.91 Å². The van der Waals surface area contributed by atoms with Crippen LogP contribution in [0.25, 0.3) is 11.3 Å². The Balaban J connectivity index is 1.66. The van der Waals surface area contributed by atoms with Gasteiger partial charge in [0.1, 0.15) is 0 Å². The second kappa shape index (κ2) is 7.42. The Morgan fingerprint density at radius 3 is 2.53 bits per heavy atom. The molecule has 0 aliphatic carbocycles. The number of carbonyl (C=O) groups excluding carboxylic acids is 2. The van der Waals surface area contributed by atoms with Crippen molar-refractivity contribution in [3.05, 3.63) is 65.4 Å². The number of sulfone groups is 1. The summed E-state index contributed by atoms with van der Waals surface area (Å²) in [7, 11) is -1.90. The van der Waals surface area contributed by atoms with Gasteiger partial charge >= 0.3 is 5.97 Å². The molecule has 0 spiro atoms. The zero-order chi connectivity index (χ0) is 21.5. The third-order valence-corrected chi connectivity index (χ3v) is 6.52. The number of carbonyl (C=O) groups is 2. The highest BCUT2D eigenvalue weighted by atomic mass is 32.2. The van der Waals surface area contributed by atoms with Crippen molar-refractivity contribution < 1.29 is 22.7 Å². The van der Waals surface area contributed by atoms with E-state index in [1.54, 1.807) is 62.5 Å². The Hall–Kier alpha value is -3.46. The fourth-order valence-corrected chi connectivity index (χ4v) is 5.11. The number of aromatic nitrogens is 2. The number of benzene rings is 2. The third kappa shape index (κ3) is 3.37. The summed E-state index contributed by atoms with van der Waals surface area (Å²) in [5, 5.41) is 7.00. The van der Waals surface area contributed by atoms with Gasteiger partial charge in [-0.1, -0.05) is 18.2 Å². The van der Waals surface area contributed by atoms with Crippen LogP contribution in [0, 0.1) is 0 Å². The summed E-state index contributed by atoms with van der Waals surface area (Å²) in [6.45, 7) is 1.99. The van der Waals surface area contributed by atoms with Crippen molar-refractivity contribution in [1.29, 1.82) is 0 Å². The van der Waals surface area contributed by atoms with E-state index in [1.165, 1.54) is 4.68 Å². The molecule has 154 valence electrons. The Bertz CT molecular complexity index is 1260. The lowest BCUT2D eigenvalue weighted by Gasteiger charge is -2.18. The molecule has 0 unspecified atom stereocenters. The molecule has 0 saturated heterocycles. The van der Waals surface area contributed by atoms with Crippen LogP contribution < -0.4 is 5.32 Å². The second-order valence-electron chi connectivity index (χ2n) is 6.81. The fraction of sp³-hybridized carbons (Fsp3) is 0.190. The Kier molecular flexibility index (Phi) is 4.90. The van der Waals surface area contributed by atoms with Crippen LogP contribution in [0.2, 0.25) is 0 Å². The number of rotatable bonds is 4. The molecule has 0 radical (unpaired) electrons. The van der Waals surface area contributed by atoms with Gasteiger partial charge in [-0.05, 0) is 37.3 Å². The highest BCUT2D eigenvalue weighted by Crippen LogP contribution is 2.39. The first-order chi connectivity index (χ1) is 14.3. The molecule has 1 aliphatic rings. The van der Waals surface area contributed by atoms with Crippen molar-refractivity contribution in [3.8, 4) is 11.3 Å². The first kappa shape index (κ1) is 19.8. The number of hydrogen-bond acceptors (Lipinski definition) is 6. The number of ether oxygens (including phenoxy) is 1. The minimum Gasteiger partial charge on any atom is -0.462 e. The van der Waals surface area contributed by atoms with Gasteiger partial charge in [-0.15, -0.1) is 0 Å². The van der Waals surface area contributed by atoms with Crippen molar-refractivity contribution >= 4 is 27.4 Å². The van der Waals surface area contributed by atoms with E-state index in [-0.39, 0.29) is 22.9 Å². The van der Waals surface area contributed by atoms with Gasteiger partial charge < -0.3 is 10.1 Å². The highest BCUT2D eigenvalue weighted by Gasteiger charge is 2.34. The number of nitrogens with zero attached hydrogens (tertiary/aromatic N) is 2. The van der Waals surface area contributed by atoms with E-state index in [4.69, 9.17) is 4.74 Å². The maximum Gasteiger partial charge on any atom is 0.338 e. The van der Waals surface area contributed by atoms with E-state index >= 15 is 0 Å². The smallest absolute Gasteiger partial charge is 0.338 e. The summed E-state index contributed by atoms with van der Waals surface area (Å²) in [5.74, 6) is -1.26. The molecule has 4 rings (SSSR count). The van der Waals surface area contributed by atoms with Gasteiger partial charge in [0.15, 0.2) is 15.5 Å². The number of amides is 1. The SMILES string of the molecule is CCOC(=O)c1ccc(NC(=O)c2nn(C)c3c2CS(=O)(=O)c2ccccc2-3)cc1. The van der Waals surface area contributed by atoms with Crippen LogP contribution in [0.4, 0.5) is 5.69 Å². The normalized spacial score (nSPS) is 13.8. The summed E-state index contributed by atoms with van der Waals surface area (Å²) in [4.78, 5) is 24.9. The molecule has 1 aromatic heterocycles. The Morgan fingerprint density at radius 2 is 1.83 bits per heavy atom. The van der Waals surface area contributed by atoms with Crippen LogP contribution in [0.5, 0.6) is 0 Å². The lowest BCUT2D eigenvalue weighted by Crippen LogP contribution is -2.18. The summed E-state index contributed by atoms with van der Waals surface area (Å²) in [6, 6.07) is 12.9. The molecule has 0 saturated carbocycles. The molecule has 30 heavy (non-hydrogen) atoms. The maximum absolute atomic E-state index is 12.9. The molecule has 1 aliphatic heterocycles. The molecule has 3 aromatic rings. The van der Waals surface area contributed by atoms with Crippen molar-refractivity contribution in [3.63, 3.8) is 0 Å². The first-order valence-electron chi connectivity index (χ1n) is 9.28. The zero-order valence-electron chi connectivity index (χ0n) is 16.4. The zero-order valence-corrected chi connectivity index (χ0v) is 17.2. The van der Waals surface area contributed by atoms with Crippen LogP contribution in [0.1, 0.15) is 33.3 Å². The minimum atomic E-state index is -3.58. The predicted octanol–water partition coefficient (Wildman–Crippen LogP) is 2.80. The molecule has 0 fully saturated rings. The van der Waals surface area contributed by atoms with E-state index in [2.05, 4.69) is 10.4 Å². The van der Waals surface area contributed by atoms with E-state index in [9.17, 15) is 18.0 Å². The van der Waals surface area contributed by atoms with Crippen LogP contribution in [-0.2, 0) is 27.4 Å². The standard InChI is InChI=1S/C21H19N3O5S/c1-3-29-21(26)13-8-10-14(11-9-13)22-20(25)18-16-12-30(27,28)17-7-5-4-6-15(17)19(16)24(2)23-18/h4-11H,3,12H2,1-2H3,(H,22,25). The van der Waals surface area contributed by atoms with Crippen LogP contribution in [-0.4, -0.2) is 36.7 Å². The van der Waals surface area contributed by atoms with Gasteiger partial charge in [-0.2, -0.15) is 5.10 Å². The number of esters is 1. The average molecular weight is 425 g/mol. The lowest BCUT2D eigenvalue weighted by atomic mass is 10.1. The molecule has 1 amide bonds. The largest absolute Gasteiger partial charge is 0.462 e. The van der Waals surface area contributed by atoms with Crippen molar-refractivity contribution in [2.45, 2.75) is 17.6 Å². The molecule has 8 nitrogen and oxygen atoms in total. The van der Waals surface area contributed by atoms with Crippen LogP contribution in [0.15, 0.2) is 53.4 Å². The molecule has 0 bridgehead atoms. The molecular weight excluding hydrogens is 406 g/mol. The van der Waals surface area contributed by atoms with E-state index < -0.39 is 21.7 Å². The summed E-state index contributed by atoms with van der Waals surface area (Å²) in [5.41, 5.74) is 2.39. The second-order valence-corrected chi connectivity index (χ2v) is 8.76. The summed E-state index contributed by atoms with van der Waals surface area (Å²) >= 11 is 0. The predicted molar refractivity (Wildman–Crippen MR) is 110 cm³/mol. The number of nitrogens with one attached hydrogen (secondary N) is 1. The van der Waals surface area contributed by atoms with Gasteiger partial charge in [0.05, 0.1) is 28.5 Å². The number of anilines is 1. The quantitative estimate of drug-likeness (QED) is 0.644. The van der Waals surface area contributed by atoms with Crippen LogP contribution in [0.3, 0.4) is 0 Å². The topological polar surface area (TPSA) is 107 Å². The molecule has 9 heteroatoms. The van der Waals surface area contributed by atoms with Crippen molar-refractivity contribution in [1.82, 2.24) is 9.78 Å². The van der Waals surface area contributed by atoms with Gasteiger partial charge in [-0.3, -0.25) is 9.48 Å².